The molecule has 0 aromatic heterocycles. The van der Waals surface area contributed by atoms with E-state index >= 15 is 0 Å². The lowest BCUT2D eigenvalue weighted by Gasteiger charge is -2.11. The highest BCUT2D eigenvalue weighted by atomic mass is 19.1. The van der Waals surface area contributed by atoms with Gasteiger partial charge in [0.25, 0.3) is 0 Å². The summed E-state index contributed by atoms with van der Waals surface area (Å²) >= 11 is 0. The van der Waals surface area contributed by atoms with Crippen molar-refractivity contribution in [2.75, 3.05) is 6.61 Å². The Bertz CT molecular complexity index is 315. The number of benzene rings is 1. The van der Waals surface area contributed by atoms with Crippen LogP contribution >= 0.6 is 0 Å². The number of aliphatic hydroxyl groups excluding tert-OH is 1. The molecule has 0 heterocycles. The van der Waals surface area contributed by atoms with Crippen LogP contribution < -0.4 is 5.73 Å². The lowest BCUT2D eigenvalue weighted by Crippen LogP contribution is -2.16. The molecule has 0 amide bonds. The summed E-state index contributed by atoms with van der Waals surface area (Å²) in [6, 6.07) is 1.60. The molecule has 72 valence electrons. The molecule has 1 aromatic carbocycles. The van der Waals surface area contributed by atoms with E-state index in [-0.39, 0.29) is 17.7 Å². The normalized spacial score (nSPS) is 13.0. The van der Waals surface area contributed by atoms with E-state index in [2.05, 4.69) is 0 Å². The minimum atomic E-state index is -0.792. The van der Waals surface area contributed by atoms with Crippen LogP contribution in [0.15, 0.2) is 12.1 Å². The summed E-state index contributed by atoms with van der Waals surface area (Å²) in [7, 11) is 0. The molecule has 0 saturated heterocycles. The number of halogens is 2. The molecule has 3 N–H and O–H groups in total. The van der Waals surface area contributed by atoms with Gasteiger partial charge in [0.15, 0.2) is 0 Å². The number of aliphatic hydroxyl groups is 1. The van der Waals surface area contributed by atoms with Crippen molar-refractivity contribution in [3.8, 4) is 0 Å². The van der Waals surface area contributed by atoms with Crippen molar-refractivity contribution in [1.82, 2.24) is 0 Å². The van der Waals surface area contributed by atoms with Gasteiger partial charge in [0.05, 0.1) is 12.6 Å². The first-order valence-corrected chi connectivity index (χ1v) is 3.89. The Labute approximate surface area is 75.0 Å². The molecule has 0 aliphatic rings. The van der Waals surface area contributed by atoms with Crippen molar-refractivity contribution in [1.29, 1.82) is 0 Å². The Morgan fingerprint density at radius 1 is 1.46 bits per heavy atom. The van der Waals surface area contributed by atoms with Gasteiger partial charge in [-0.2, -0.15) is 0 Å². The maximum atomic E-state index is 13.3. The molecule has 0 aliphatic heterocycles. The highest BCUT2D eigenvalue weighted by Crippen LogP contribution is 2.19. The summed E-state index contributed by atoms with van der Waals surface area (Å²) < 4.78 is 26.1. The number of hydrogen-bond donors (Lipinski definition) is 2. The Kier molecular flexibility index (Phi) is 2.95. The predicted molar refractivity (Wildman–Crippen MR) is 45.1 cm³/mol. The molecule has 0 fully saturated rings. The standard InChI is InChI=1S/C9H11F2NO/c1-5-7(10)3-2-6(9(5)11)8(12)4-13/h2-3,8,13H,4,12H2,1H3. The third kappa shape index (κ3) is 1.84. The SMILES string of the molecule is Cc1c(F)ccc(C(N)CO)c1F. The van der Waals surface area contributed by atoms with Crippen molar-refractivity contribution >= 4 is 0 Å². The highest BCUT2D eigenvalue weighted by molar-refractivity contribution is 5.28. The molecule has 1 unspecified atom stereocenters. The van der Waals surface area contributed by atoms with Crippen LogP contribution in [-0.2, 0) is 0 Å². The Morgan fingerprint density at radius 3 is 2.62 bits per heavy atom. The number of nitrogens with two attached hydrogens (primary N) is 1. The summed E-state index contributed by atoms with van der Waals surface area (Å²) in [5.74, 6) is -1.28. The molecule has 1 rings (SSSR count). The van der Waals surface area contributed by atoms with Gasteiger partial charge in [-0.25, -0.2) is 8.78 Å². The average molecular weight is 187 g/mol. The van der Waals surface area contributed by atoms with E-state index in [1.165, 1.54) is 13.0 Å². The first-order valence-electron chi connectivity index (χ1n) is 3.89. The fourth-order valence-corrected chi connectivity index (χ4v) is 1.07. The van der Waals surface area contributed by atoms with Gasteiger partial charge in [0.1, 0.15) is 11.6 Å². The molecular formula is C9H11F2NO. The fraction of sp³-hybridized carbons (Fsp3) is 0.333. The van der Waals surface area contributed by atoms with Crippen LogP contribution in [0, 0.1) is 18.6 Å². The summed E-state index contributed by atoms with van der Waals surface area (Å²) in [5.41, 5.74) is 5.47. The average Bonchev–Trinajstić information content (AvgIpc) is 2.13. The molecule has 0 aliphatic carbocycles. The molecule has 4 heteroatoms. The first kappa shape index (κ1) is 10.1. The molecule has 2 nitrogen and oxygen atoms in total. The quantitative estimate of drug-likeness (QED) is 0.732. The predicted octanol–water partition coefficient (Wildman–Crippen LogP) is 1.27. The lowest BCUT2D eigenvalue weighted by molar-refractivity contribution is 0.265. The van der Waals surface area contributed by atoms with Crippen LogP contribution in [0.5, 0.6) is 0 Å². The van der Waals surface area contributed by atoms with Gasteiger partial charge < -0.3 is 10.8 Å². The zero-order valence-corrected chi connectivity index (χ0v) is 7.22. The van der Waals surface area contributed by atoms with Gasteiger partial charge >= 0.3 is 0 Å². The topological polar surface area (TPSA) is 46.2 Å². The zero-order chi connectivity index (χ0) is 10.0. The summed E-state index contributed by atoms with van der Waals surface area (Å²) in [6.45, 7) is 0.972. The maximum Gasteiger partial charge on any atom is 0.133 e. The van der Waals surface area contributed by atoms with Crippen molar-refractivity contribution in [3.05, 3.63) is 34.9 Å². The van der Waals surface area contributed by atoms with Crippen molar-refractivity contribution in [2.45, 2.75) is 13.0 Å². The van der Waals surface area contributed by atoms with E-state index in [0.29, 0.717) is 0 Å². The molecular weight excluding hydrogens is 176 g/mol. The van der Waals surface area contributed by atoms with E-state index in [1.807, 2.05) is 0 Å². The maximum absolute atomic E-state index is 13.3. The minimum absolute atomic E-state index is 0.0681. The second-order valence-corrected chi connectivity index (χ2v) is 2.86. The molecule has 1 aromatic rings. The van der Waals surface area contributed by atoms with E-state index in [9.17, 15) is 8.78 Å². The monoisotopic (exact) mass is 187 g/mol. The first-order chi connectivity index (χ1) is 6.07. The van der Waals surface area contributed by atoms with E-state index in [4.69, 9.17) is 10.8 Å². The third-order valence-electron chi connectivity index (χ3n) is 1.95. The van der Waals surface area contributed by atoms with Crippen LogP contribution in [-0.4, -0.2) is 11.7 Å². The molecule has 1 atom stereocenters. The Morgan fingerprint density at radius 2 is 2.08 bits per heavy atom. The van der Waals surface area contributed by atoms with Crippen LogP contribution in [0.3, 0.4) is 0 Å². The molecule has 13 heavy (non-hydrogen) atoms. The number of rotatable bonds is 2. The smallest absolute Gasteiger partial charge is 0.133 e. The Hall–Kier alpha value is -1.00. The second-order valence-electron chi connectivity index (χ2n) is 2.86. The summed E-state index contributed by atoms with van der Waals surface area (Å²) in [5, 5.41) is 8.69. The van der Waals surface area contributed by atoms with Gasteiger partial charge in [-0.3, -0.25) is 0 Å². The minimum Gasteiger partial charge on any atom is -0.394 e. The van der Waals surface area contributed by atoms with Gasteiger partial charge in [0.2, 0.25) is 0 Å². The molecule has 0 radical (unpaired) electrons. The van der Waals surface area contributed by atoms with E-state index < -0.39 is 17.7 Å². The van der Waals surface area contributed by atoms with Gasteiger partial charge in [-0.1, -0.05) is 6.07 Å². The van der Waals surface area contributed by atoms with E-state index in [0.717, 1.165) is 6.07 Å². The summed E-state index contributed by atoms with van der Waals surface area (Å²) in [6.07, 6.45) is 0. The lowest BCUT2D eigenvalue weighted by atomic mass is 10.0. The van der Waals surface area contributed by atoms with Gasteiger partial charge in [-0.15, -0.1) is 0 Å². The molecule has 0 spiro atoms. The van der Waals surface area contributed by atoms with Gasteiger partial charge in [-0.05, 0) is 13.0 Å². The molecule has 0 saturated carbocycles. The fourth-order valence-electron chi connectivity index (χ4n) is 1.07. The van der Waals surface area contributed by atoms with Crippen LogP contribution in [0.1, 0.15) is 17.2 Å². The Balaban J connectivity index is 3.18. The van der Waals surface area contributed by atoms with Crippen molar-refractivity contribution < 1.29 is 13.9 Å². The highest BCUT2D eigenvalue weighted by Gasteiger charge is 2.14. The third-order valence-corrected chi connectivity index (χ3v) is 1.95. The van der Waals surface area contributed by atoms with Crippen molar-refractivity contribution in [2.24, 2.45) is 5.73 Å². The van der Waals surface area contributed by atoms with Crippen LogP contribution in [0.2, 0.25) is 0 Å². The van der Waals surface area contributed by atoms with Crippen LogP contribution in [0.25, 0.3) is 0 Å². The van der Waals surface area contributed by atoms with E-state index in [1.54, 1.807) is 0 Å². The molecule has 0 bridgehead atoms. The number of hydrogen-bond acceptors (Lipinski definition) is 2. The zero-order valence-electron chi connectivity index (χ0n) is 7.22. The summed E-state index contributed by atoms with van der Waals surface area (Å²) in [4.78, 5) is 0. The van der Waals surface area contributed by atoms with Crippen molar-refractivity contribution in [3.63, 3.8) is 0 Å². The van der Waals surface area contributed by atoms with Gasteiger partial charge in [0, 0.05) is 11.1 Å². The van der Waals surface area contributed by atoms with Crippen LogP contribution in [0.4, 0.5) is 8.78 Å². The largest absolute Gasteiger partial charge is 0.394 e. The second kappa shape index (κ2) is 3.81.